The van der Waals surface area contributed by atoms with Crippen LogP contribution in [0.2, 0.25) is 0 Å². The van der Waals surface area contributed by atoms with Crippen molar-refractivity contribution in [2.45, 2.75) is 27.1 Å². The fraction of sp³-hybridized carbons (Fsp3) is 0.286. The average Bonchev–Trinajstić information content (AvgIpc) is 3.08. The van der Waals surface area contributed by atoms with E-state index in [0.29, 0.717) is 30.3 Å². The number of hydrogen-bond acceptors (Lipinski definition) is 8. The molecule has 214 valence electrons. The number of nitrogens with zero attached hydrogens (tertiary/aromatic N) is 2. The van der Waals surface area contributed by atoms with Crippen LogP contribution in [0.5, 0.6) is 0 Å². The molecular weight excluding hydrogens is 556 g/mol. The Morgan fingerprint density at radius 2 is 1.32 bits per heavy atom. The summed E-state index contributed by atoms with van der Waals surface area (Å²) in [6, 6.07) is 16.5. The molecule has 1 fully saturated rings. The number of fused-ring (bicyclic) bond motifs is 2. The molecule has 4 N–H and O–H groups in total. The van der Waals surface area contributed by atoms with Crippen molar-refractivity contribution in [2.24, 2.45) is 0 Å². The van der Waals surface area contributed by atoms with Crippen molar-refractivity contribution in [1.29, 1.82) is 0 Å². The molecule has 2 aromatic carbocycles. The highest BCUT2D eigenvalue weighted by molar-refractivity contribution is 7.99. The topological polar surface area (TPSA) is 156 Å². The first-order valence-electron chi connectivity index (χ1n) is 12.1. The predicted molar refractivity (Wildman–Crippen MR) is 153 cm³/mol. The Morgan fingerprint density at radius 1 is 0.800 bits per heavy atom. The molecule has 1 unspecified atom stereocenters. The van der Waals surface area contributed by atoms with E-state index >= 15 is 0 Å². The van der Waals surface area contributed by atoms with Crippen molar-refractivity contribution < 1.29 is 39.6 Å². The number of carboxylic acids is 4. The van der Waals surface area contributed by atoms with Crippen LogP contribution in [-0.4, -0.2) is 93.6 Å². The van der Waals surface area contributed by atoms with Gasteiger partial charge in [-0.25, -0.2) is 19.2 Å². The Morgan fingerprint density at radius 3 is 1.82 bits per heavy atom. The number of carboxylic acid groups (broad SMARTS) is 4. The summed E-state index contributed by atoms with van der Waals surface area (Å²) in [6.07, 6.45) is 5.53. The second-order valence-electron chi connectivity index (χ2n) is 8.69. The first kappa shape index (κ1) is 32.6. The van der Waals surface area contributed by atoms with Crippen LogP contribution in [0, 0.1) is 0 Å². The molecular formula is C28H32N2O8S2. The lowest BCUT2D eigenvalue weighted by Gasteiger charge is -2.38. The van der Waals surface area contributed by atoms with E-state index in [1.807, 2.05) is 23.5 Å². The quantitative estimate of drug-likeness (QED) is 0.286. The van der Waals surface area contributed by atoms with Crippen LogP contribution in [0.4, 0.5) is 0 Å². The van der Waals surface area contributed by atoms with Gasteiger partial charge in [-0.05, 0) is 55.1 Å². The summed E-state index contributed by atoms with van der Waals surface area (Å²) in [7, 11) is 2.23. The molecule has 0 spiro atoms. The second-order valence-corrected chi connectivity index (χ2v) is 10.7. The SMILES string of the molecule is CSc1ccc2c(c1)C(N1CCN(C)CC1)Cc1ccccc1S2.O=C(O)/C=C\C(=O)O.O=C(O)/C=C\C(=O)O. The third-order valence-corrected chi connectivity index (χ3v) is 7.83. The molecule has 4 rings (SSSR count). The zero-order chi connectivity index (χ0) is 29.7. The molecule has 0 aliphatic carbocycles. The van der Waals surface area contributed by atoms with Gasteiger partial charge in [-0.3, -0.25) is 4.90 Å². The number of piperazine rings is 1. The summed E-state index contributed by atoms with van der Waals surface area (Å²) in [5.41, 5.74) is 3.01. The Bertz CT molecular complexity index is 1190. The summed E-state index contributed by atoms with van der Waals surface area (Å²) in [4.78, 5) is 47.6. The van der Waals surface area contributed by atoms with Gasteiger partial charge in [0.2, 0.25) is 0 Å². The molecule has 2 aliphatic rings. The Labute approximate surface area is 241 Å². The van der Waals surface area contributed by atoms with Crippen molar-refractivity contribution in [1.82, 2.24) is 9.80 Å². The van der Waals surface area contributed by atoms with Gasteiger partial charge in [-0.15, -0.1) is 11.8 Å². The highest BCUT2D eigenvalue weighted by Crippen LogP contribution is 2.44. The summed E-state index contributed by atoms with van der Waals surface area (Å²) in [5.74, 6) is -5.03. The largest absolute Gasteiger partial charge is 0.478 e. The molecule has 0 saturated carbocycles. The third kappa shape index (κ3) is 11.3. The van der Waals surface area contributed by atoms with Gasteiger partial charge >= 0.3 is 23.9 Å². The second kappa shape index (κ2) is 16.5. The zero-order valence-electron chi connectivity index (χ0n) is 22.1. The minimum absolute atomic E-state index is 0.497. The number of hydrogen-bond donors (Lipinski definition) is 4. The van der Waals surface area contributed by atoms with E-state index < -0.39 is 23.9 Å². The van der Waals surface area contributed by atoms with E-state index in [1.54, 1.807) is 0 Å². The van der Waals surface area contributed by atoms with Crippen molar-refractivity contribution >= 4 is 47.4 Å². The van der Waals surface area contributed by atoms with Gasteiger partial charge in [0.15, 0.2) is 0 Å². The highest BCUT2D eigenvalue weighted by Gasteiger charge is 2.29. The maximum Gasteiger partial charge on any atom is 0.328 e. The Kier molecular flexibility index (Phi) is 13.5. The number of aliphatic carboxylic acids is 4. The van der Waals surface area contributed by atoms with Gasteiger partial charge < -0.3 is 25.3 Å². The van der Waals surface area contributed by atoms with E-state index in [2.05, 4.69) is 65.6 Å². The van der Waals surface area contributed by atoms with Crippen LogP contribution in [0.1, 0.15) is 17.2 Å². The van der Waals surface area contributed by atoms with Gasteiger partial charge in [-0.2, -0.15) is 0 Å². The van der Waals surface area contributed by atoms with E-state index in [-0.39, 0.29) is 0 Å². The zero-order valence-corrected chi connectivity index (χ0v) is 23.7. The molecule has 0 bridgehead atoms. The minimum atomic E-state index is -1.26. The van der Waals surface area contributed by atoms with Crippen LogP contribution < -0.4 is 0 Å². The first-order valence-corrected chi connectivity index (χ1v) is 14.2. The number of likely N-dealkylation sites (N-methyl/N-ethyl adjacent to an activating group) is 1. The summed E-state index contributed by atoms with van der Waals surface area (Å²) in [6.45, 7) is 4.67. The lowest BCUT2D eigenvalue weighted by atomic mass is 9.96. The predicted octanol–water partition coefficient (Wildman–Crippen LogP) is 3.83. The molecule has 1 atom stereocenters. The molecule has 12 heteroatoms. The van der Waals surface area contributed by atoms with E-state index in [0.717, 1.165) is 19.5 Å². The van der Waals surface area contributed by atoms with Crippen molar-refractivity contribution in [2.75, 3.05) is 39.5 Å². The van der Waals surface area contributed by atoms with Crippen molar-refractivity contribution in [3.63, 3.8) is 0 Å². The van der Waals surface area contributed by atoms with Crippen molar-refractivity contribution in [3.05, 3.63) is 77.9 Å². The standard InChI is InChI=1S/C20H24N2S2.2C4H4O4/c1-21-9-11-22(12-10-21)18-13-15-5-3-4-6-19(15)24-20-8-7-16(23-2)14-17(18)20;2*5-3(6)1-2-4(7)8/h3-8,14,18H,9-13H2,1-2H3;2*1-2H,(H,5,6)(H,7,8)/b;2*2-1-. The van der Waals surface area contributed by atoms with Crippen LogP contribution in [0.15, 0.2) is 81.5 Å². The van der Waals surface area contributed by atoms with Gasteiger partial charge in [0, 0.05) is 71.2 Å². The fourth-order valence-electron chi connectivity index (χ4n) is 3.96. The lowest BCUT2D eigenvalue weighted by Crippen LogP contribution is -2.46. The number of rotatable bonds is 6. The molecule has 2 aliphatic heterocycles. The summed E-state index contributed by atoms with van der Waals surface area (Å²) >= 11 is 3.79. The van der Waals surface area contributed by atoms with Crippen LogP contribution in [0.25, 0.3) is 0 Å². The average molecular weight is 589 g/mol. The molecule has 1 saturated heterocycles. The Balaban J connectivity index is 0.000000290. The fourth-order valence-corrected chi connectivity index (χ4v) is 5.52. The Hall–Kier alpha value is -3.58. The molecule has 40 heavy (non-hydrogen) atoms. The number of thioether (sulfide) groups is 1. The number of benzene rings is 2. The maximum atomic E-state index is 9.55. The van der Waals surface area contributed by atoms with Gasteiger partial charge in [-0.1, -0.05) is 30.0 Å². The number of carbonyl (C=O) groups is 4. The van der Waals surface area contributed by atoms with Crippen LogP contribution in [-0.2, 0) is 25.6 Å². The third-order valence-electron chi connectivity index (χ3n) is 5.90. The van der Waals surface area contributed by atoms with Gasteiger partial charge in [0.05, 0.1) is 0 Å². The van der Waals surface area contributed by atoms with Gasteiger partial charge in [0.25, 0.3) is 0 Å². The summed E-state index contributed by atoms with van der Waals surface area (Å²) < 4.78 is 0. The summed E-state index contributed by atoms with van der Waals surface area (Å²) in [5, 5.41) is 31.2. The van der Waals surface area contributed by atoms with Crippen LogP contribution in [0.3, 0.4) is 0 Å². The highest BCUT2D eigenvalue weighted by atomic mass is 32.2. The smallest absolute Gasteiger partial charge is 0.328 e. The van der Waals surface area contributed by atoms with Crippen LogP contribution >= 0.6 is 23.5 Å². The lowest BCUT2D eigenvalue weighted by molar-refractivity contribution is -0.134. The normalized spacial score (nSPS) is 16.9. The molecule has 2 heterocycles. The monoisotopic (exact) mass is 588 g/mol. The molecule has 2 aromatic rings. The van der Waals surface area contributed by atoms with E-state index in [4.69, 9.17) is 20.4 Å². The minimum Gasteiger partial charge on any atom is -0.478 e. The maximum absolute atomic E-state index is 9.55. The van der Waals surface area contributed by atoms with Crippen molar-refractivity contribution in [3.8, 4) is 0 Å². The molecule has 10 nitrogen and oxygen atoms in total. The van der Waals surface area contributed by atoms with E-state index in [9.17, 15) is 19.2 Å². The van der Waals surface area contributed by atoms with E-state index in [1.165, 1.54) is 38.9 Å². The molecule has 0 amide bonds. The molecule has 0 aromatic heterocycles. The van der Waals surface area contributed by atoms with Gasteiger partial charge in [0.1, 0.15) is 0 Å². The molecule has 0 radical (unpaired) electrons. The first-order chi connectivity index (χ1) is 19.0.